The molecule has 1 atom stereocenters. The van der Waals surface area contributed by atoms with Crippen LogP contribution in [0.1, 0.15) is 6.42 Å². The van der Waals surface area contributed by atoms with Crippen molar-refractivity contribution in [3.8, 4) is 11.5 Å². The highest BCUT2D eigenvalue weighted by atomic mass is 16.5. The van der Waals surface area contributed by atoms with Gasteiger partial charge in [0.1, 0.15) is 11.5 Å². The van der Waals surface area contributed by atoms with Gasteiger partial charge in [-0.15, -0.1) is 0 Å². The Labute approximate surface area is 176 Å². The van der Waals surface area contributed by atoms with Crippen molar-refractivity contribution in [3.05, 3.63) is 48.5 Å². The molecule has 2 saturated heterocycles. The molecule has 2 amide bonds. The number of benzene rings is 2. The number of hydrogen-bond donors (Lipinski definition) is 0. The number of anilines is 2. The summed E-state index contributed by atoms with van der Waals surface area (Å²) in [5.74, 6) is 1.35. The van der Waals surface area contributed by atoms with Crippen molar-refractivity contribution in [1.29, 1.82) is 0 Å². The van der Waals surface area contributed by atoms with E-state index < -0.39 is 0 Å². The zero-order chi connectivity index (χ0) is 21.1. The van der Waals surface area contributed by atoms with Crippen LogP contribution in [0.3, 0.4) is 0 Å². The molecule has 0 aromatic heterocycles. The molecule has 0 saturated carbocycles. The summed E-state index contributed by atoms with van der Waals surface area (Å²) in [6.45, 7) is 3.27. The monoisotopic (exact) mass is 409 g/mol. The van der Waals surface area contributed by atoms with Crippen molar-refractivity contribution in [3.63, 3.8) is 0 Å². The maximum atomic E-state index is 13.1. The van der Waals surface area contributed by atoms with E-state index >= 15 is 0 Å². The van der Waals surface area contributed by atoms with Gasteiger partial charge in [-0.25, -0.2) is 0 Å². The van der Waals surface area contributed by atoms with Gasteiger partial charge in [-0.1, -0.05) is 6.07 Å². The highest BCUT2D eigenvalue weighted by molar-refractivity contribution is 6.00. The third kappa shape index (κ3) is 4.06. The first-order chi connectivity index (χ1) is 14.6. The molecular weight excluding hydrogens is 382 g/mol. The summed E-state index contributed by atoms with van der Waals surface area (Å²) < 4.78 is 10.5. The van der Waals surface area contributed by atoms with E-state index in [1.165, 1.54) is 0 Å². The topological polar surface area (TPSA) is 62.3 Å². The largest absolute Gasteiger partial charge is 0.497 e. The molecule has 158 valence electrons. The van der Waals surface area contributed by atoms with E-state index in [0.29, 0.717) is 19.6 Å². The van der Waals surface area contributed by atoms with Crippen molar-refractivity contribution in [2.45, 2.75) is 6.42 Å². The predicted molar refractivity (Wildman–Crippen MR) is 115 cm³/mol. The van der Waals surface area contributed by atoms with Crippen molar-refractivity contribution < 1.29 is 19.1 Å². The van der Waals surface area contributed by atoms with Crippen LogP contribution < -0.4 is 19.3 Å². The maximum Gasteiger partial charge on any atom is 0.228 e. The van der Waals surface area contributed by atoms with Gasteiger partial charge in [0.2, 0.25) is 11.8 Å². The molecule has 1 unspecified atom stereocenters. The summed E-state index contributed by atoms with van der Waals surface area (Å²) in [5, 5.41) is 0. The Morgan fingerprint density at radius 3 is 2.27 bits per heavy atom. The molecule has 2 aromatic carbocycles. The van der Waals surface area contributed by atoms with E-state index in [2.05, 4.69) is 11.0 Å². The molecule has 7 heteroatoms. The van der Waals surface area contributed by atoms with Gasteiger partial charge < -0.3 is 24.2 Å². The van der Waals surface area contributed by atoms with Crippen LogP contribution in [0, 0.1) is 5.92 Å². The molecule has 2 aromatic rings. The van der Waals surface area contributed by atoms with Crippen LogP contribution in [0.4, 0.5) is 11.4 Å². The minimum absolute atomic E-state index is 0.00599. The zero-order valence-electron chi connectivity index (χ0n) is 17.4. The molecule has 7 nitrogen and oxygen atoms in total. The van der Waals surface area contributed by atoms with Crippen LogP contribution >= 0.6 is 0 Å². The van der Waals surface area contributed by atoms with Crippen LogP contribution in [0.25, 0.3) is 0 Å². The first-order valence-electron chi connectivity index (χ1n) is 10.2. The minimum Gasteiger partial charge on any atom is -0.497 e. The molecule has 0 aliphatic carbocycles. The molecule has 2 heterocycles. The lowest BCUT2D eigenvalue weighted by Crippen LogP contribution is -2.50. The molecule has 0 N–H and O–H groups in total. The van der Waals surface area contributed by atoms with E-state index in [1.54, 1.807) is 19.1 Å². The minimum atomic E-state index is -0.289. The Bertz CT molecular complexity index is 907. The first kappa shape index (κ1) is 20.1. The highest BCUT2D eigenvalue weighted by Crippen LogP contribution is 2.28. The number of nitrogens with zero attached hydrogens (tertiary/aromatic N) is 3. The van der Waals surface area contributed by atoms with Crippen LogP contribution in [0.2, 0.25) is 0 Å². The van der Waals surface area contributed by atoms with Crippen LogP contribution in [0.5, 0.6) is 11.5 Å². The van der Waals surface area contributed by atoms with Gasteiger partial charge in [-0.2, -0.15) is 0 Å². The summed E-state index contributed by atoms with van der Waals surface area (Å²) in [4.78, 5) is 31.4. The van der Waals surface area contributed by atoms with Crippen molar-refractivity contribution in [2.75, 3.05) is 56.7 Å². The maximum absolute atomic E-state index is 13.1. The summed E-state index contributed by atoms with van der Waals surface area (Å²) >= 11 is 0. The van der Waals surface area contributed by atoms with Gasteiger partial charge in [-0.3, -0.25) is 9.59 Å². The summed E-state index contributed by atoms with van der Waals surface area (Å²) in [7, 11) is 3.27. The number of hydrogen-bond acceptors (Lipinski definition) is 5. The fourth-order valence-corrected chi connectivity index (χ4v) is 4.14. The molecule has 2 aliphatic rings. The van der Waals surface area contributed by atoms with E-state index in [1.807, 2.05) is 47.4 Å². The molecule has 2 aliphatic heterocycles. The number of amides is 2. The Morgan fingerprint density at radius 1 is 0.900 bits per heavy atom. The van der Waals surface area contributed by atoms with Gasteiger partial charge >= 0.3 is 0 Å². The molecule has 2 fully saturated rings. The lowest BCUT2D eigenvalue weighted by Gasteiger charge is -2.37. The normalized spacial score (nSPS) is 19.2. The molecule has 0 radical (unpaired) electrons. The summed E-state index contributed by atoms with van der Waals surface area (Å²) in [5.41, 5.74) is 1.90. The van der Waals surface area contributed by atoms with Gasteiger partial charge in [-0.05, 0) is 36.4 Å². The average molecular weight is 409 g/mol. The Kier molecular flexibility index (Phi) is 5.79. The Hall–Kier alpha value is -3.22. The van der Waals surface area contributed by atoms with Crippen molar-refractivity contribution in [2.24, 2.45) is 5.92 Å². The molecular formula is C23H27N3O4. The van der Waals surface area contributed by atoms with E-state index in [4.69, 9.17) is 9.47 Å². The van der Waals surface area contributed by atoms with E-state index in [-0.39, 0.29) is 24.2 Å². The number of ether oxygens (including phenoxy) is 2. The van der Waals surface area contributed by atoms with Gasteiger partial charge in [0.15, 0.2) is 0 Å². The quantitative estimate of drug-likeness (QED) is 0.759. The lowest BCUT2D eigenvalue weighted by atomic mass is 10.1. The first-order valence-corrected chi connectivity index (χ1v) is 10.2. The highest BCUT2D eigenvalue weighted by Gasteiger charge is 2.38. The second-order valence-electron chi connectivity index (χ2n) is 7.62. The number of carbonyl (C=O) groups excluding carboxylic acids is 2. The van der Waals surface area contributed by atoms with Crippen LogP contribution in [-0.2, 0) is 9.59 Å². The third-order valence-electron chi connectivity index (χ3n) is 5.87. The summed E-state index contributed by atoms with van der Waals surface area (Å²) in [6.07, 6.45) is 0.265. The SMILES string of the molecule is COc1ccc(N2CC(C(=O)N3CCN(c4cccc(OC)c4)CC3)CC2=O)cc1. The molecule has 0 bridgehead atoms. The van der Waals surface area contributed by atoms with Gasteiger partial charge in [0.25, 0.3) is 0 Å². The fourth-order valence-electron chi connectivity index (χ4n) is 4.14. The van der Waals surface area contributed by atoms with Gasteiger partial charge in [0.05, 0.1) is 20.1 Å². The number of carbonyl (C=O) groups is 2. The lowest BCUT2D eigenvalue weighted by molar-refractivity contribution is -0.136. The summed E-state index contributed by atoms with van der Waals surface area (Å²) in [6, 6.07) is 15.3. The Balaban J connectivity index is 1.35. The fraction of sp³-hybridized carbons (Fsp3) is 0.391. The molecule has 30 heavy (non-hydrogen) atoms. The number of rotatable bonds is 5. The standard InChI is InChI=1S/C23H27N3O4/c1-29-20-8-6-18(7-9-20)26-16-17(14-22(26)27)23(28)25-12-10-24(11-13-25)19-4-3-5-21(15-19)30-2/h3-9,15,17H,10-14,16H2,1-2H3. The van der Waals surface area contributed by atoms with E-state index in [9.17, 15) is 9.59 Å². The number of piperazine rings is 1. The van der Waals surface area contributed by atoms with Crippen LogP contribution in [-0.4, -0.2) is 63.7 Å². The second kappa shape index (κ2) is 8.65. The van der Waals surface area contributed by atoms with Crippen molar-refractivity contribution >= 4 is 23.2 Å². The van der Waals surface area contributed by atoms with Gasteiger partial charge in [0, 0.05) is 56.6 Å². The predicted octanol–water partition coefficient (Wildman–Crippen LogP) is 2.41. The number of methoxy groups -OCH3 is 2. The molecule has 0 spiro atoms. The van der Waals surface area contributed by atoms with Crippen LogP contribution in [0.15, 0.2) is 48.5 Å². The average Bonchev–Trinajstić information content (AvgIpc) is 3.20. The third-order valence-corrected chi connectivity index (χ3v) is 5.87. The van der Waals surface area contributed by atoms with E-state index in [0.717, 1.165) is 36.0 Å². The molecule has 4 rings (SSSR count). The smallest absolute Gasteiger partial charge is 0.228 e. The Morgan fingerprint density at radius 2 is 1.60 bits per heavy atom. The zero-order valence-corrected chi connectivity index (χ0v) is 17.4. The second-order valence-corrected chi connectivity index (χ2v) is 7.62. The van der Waals surface area contributed by atoms with Crippen molar-refractivity contribution in [1.82, 2.24) is 4.90 Å².